The molecule has 0 saturated heterocycles. The Kier molecular flexibility index (Phi) is 5.48. The van der Waals surface area contributed by atoms with Crippen LogP contribution in [-0.4, -0.2) is 24.2 Å². The zero-order valence-corrected chi connectivity index (χ0v) is 11.8. The van der Waals surface area contributed by atoms with Gasteiger partial charge in [-0.1, -0.05) is 29.8 Å². The van der Waals surface area contributed by atoms with Crippen molar-refractivity contribution in [2.75, 3.05) is 18.0 Å². The molecule has 0 radical (unpaired) electrons. The number of halogens is 1. The van der Waals surface area contributed by atoms with Gasteiger partial charge in [0.1, 0.15) is 0 Å². The average molecular weight is 300 g/mol. The Morgan fingerprint density at radius 2 is 2.00 bits per heavy atom. The number of nitrogens with zero attached hydrogens (tertiary/aromatic N) is 1. The molecule has 0 aliphatic heterocycles. The maximum atomic E-state index is 10.9. The summed E-state index contributed by atoms with van der Waals surface area (Å²) in [5, 5.41) is 8.96. The second-order valence-electron chi connectivity index (χ2n) is 4.16. The molecule has 94 valence electrons. The summed E-state index contributed by atoms with van der Waals surface area (Å²) in [6.07, 6.45) is 1.00. The van der Waals surface area contributed by atoms with Gasteiger partial charge >= 0.3 is 5.97 Å². The van der Waals surface area contributed by atoms with E-state index in [2.05, 4.69) is 27.8 Å². The smallest absolute Gasteiger partial charge is 0.308 e. The Labute approximate surface area is 111 Å². The highest BCUT2D eigenvalue weighted by Gasteiger charge is 2.15. The molecule has 0 aromatic heterocycles. The van der Waals surface area contributed by atoms with E-state index in [1.807, 2.05) is 24.3 Å². The average Bonchev–Trinajstić information content (AvgIpc) is 2.29. The Hall–Kier alpha value is -1.03. The summed E-state index contributed by atoms with van der Waals surface area (Å²) in [5.74, 6) is -1.10. The number of anilines is 1. The third kappa shape index (κ3) is 4.38. The Morgan fingerprint density at radius 1 is 1.41 bits per heavy atom. The molecule has 0 saturated carbocycles. The third-order valence-corrected chi connectivity index (χ3v) is 3.13. The first-order valence-corrected chi connectivity index (χ1v) is 6.57. The molecule has 0 fully saturated rings. The fourth-order valence-corrected chi connectivity index (χ4v) is 1.92. The van der Waals surface area contributed by atoms with E-state index in [0.29, 0.717) is 6.54 Å². The summed E-state index contributed by atoms with van der Waals surface area (Å²) in [5.41, 5.74) is 1.07. The quantitative estimate of drug-likeness (QED) is 0.875. The van der Waals surface area contributed by atoms with Crippen molar-refractivity contribution in [1.82, 2.24) is 0 Å². The van der Waals surface area contributed by atoms with Crippen LogP contribution >= 0.6 is 15.9 Å². The molecule has 1 unspecified atom stereocenters. The van der Waals surface area contributed by atoms with Crippen molar-refractivity contribution in [1.29, 1.82) is 0 Å². The van der Waals surface area contributed by atoms with Crippen LogP contribution in [0.3, 0.4) is 0 Å². The van der Waals surface area contributed by atoms with Crippen LogP contribution in [0.2, 0.25) is 0 Å². The number of carboxylic acid groups (broad SMARTS) is 1. The second-order valence-corrected chi connectivity index (χ2v) is 5.08. The number of hydrogen-bond acceptors (Lipinski definition) is 2. The van der Waals surface area contributed by atoms with Gasteiger partial charge in [0.15, 0.2) is 0 Å². The van der Waals surface area contributed by atoms with Crippen LogP contribution in [0.25, 0.3) is 0 Å². The fourth-order valence-electron chi connectivity index (χ4n) is 1.66. The van der Waals surface area contributed by atoms with E-state index >= 15 is 0 Å². The molecule has 1 aromatic rings. The standard InChI is InChI=1S/C13H18BrNO2/c1-3-8-15(9-10(2)13(16)17)12-6-4-11(14)5-7-12/h4-7,10H,3,8-9H2,1-2H3,(H,16,17). The number of rotatable bonds is 6. The Morgan fingerprint density at radius 3 is 2.47 bits per heavy atom. The monoisotopic (exact) mass is 299 g/mol. The number of carboxylic acids is 1. The highest BCUT2D eigenvalue weighted by Crippen LogP contribution is 2.19. The summed E-state index contributed by atoms with van der Waals surface area (Å²) in [7, 11) is 0. The van der Waals surface area contributed by atoms with Crippen LogP contribution in [0, 0.1) is 5.92 Å². The van der Waals surface area contributed by atoms with Crippen molar-refractivity contribution < 1.29 is 9.90 Å². The van der Waals surface area contributed by atoms with Gasteiger partial charge < -0.3 is 10.0 Å². The van der Waals surface area contributed by atoms with Crippen molar-refractivity contribution in [3.8, 4) is 0 Å². The summed E-state index contributed by atoms with van der Waals surface area (Å²) in [6.45, 7) is 5.26. The van der Waals surface area contributed by atoms with Crippen molar-refractivity contribution in [3.63, 3.8) is 0 Å². The fraction of sp³-hybridized carbons (Fsp3) is 0.462. The van der Waals surface area contributed by atoms with Gasteiger partial charge in [-0.3, -0.25) is 4.79 Å². The van der Waals surface area contributed by atoms with Crippen LogP contribution in [0.1, 0.15) is 20.3 Å². The maximum Gasteiger partial charge on any atom is 0.308 e. The molecule has 0 heterocycles. The summed E-state index contributed by atoms with van der Waals surface area (Å²) in [4.78, 5) is 13.0. The minimum atomic E-state index is -0.747. The van der Waals surface area contributed by atoms with Gasteiger partial charge in [-0.15, -0.1) is 0 Å². The number of hydrogen-bond donors (Lipinski definition) is 1. The molecule has 1 N–H and O–H groups in total. The molecular weight excluding hydrogens is 282 g/mol. The summed E-state index contributed by atoms with van der Waals surface area (Å²) < 4.78 is 1.03. The molecule has 0 aliphatic rings. The first-order valence-electron chi connectivity index (χ1n) is 5.78. The molecule has 0 bridgehead atoms. The van der Waals surface area contributed by atoms with Crippen LogP contribution in [0.4, 0.5) is 5.69 Å². The first kappa shape index (κ1) is 14.0. The maximum absolute atomic E-state index is 10.9. The van der Waals surface area contributed by atoms with Crippen LogP contribution in [0.5, 0.6) is 0 Å². The molecule has 17 heavy (non-hydrogen) atoms. The molecular formula is C13H18BrNO2. The lowest BCUT2D eigenvalue weighted by molar-refractivity contribution is -0.140. The normalized spacial score (nSPS) is 12.2. The minimum Gasteiger partial charge on any atom is -0.481 e. The number of carbonyl (C=O) groups is 1. The van der Waals surface area contributed by atoms with Gasteiger partial charge in [-0.05, 0) is 30.7 Å². The van der Waals surface area contributed by atoms with E-state index in [4.69, 9.17) is 5.11 Å². The zero-order chi connectivity index (χ0) is 12.8. The zero-order valence-electron chi connectivity index (χ0n) is 10.2. The molecule has 1 atom stereocenters. The molecule has 0 aliphatic carbocycles. The number of benzene rings is 1. The minimum absolute atomic E-state index is 0.356. The van der Waals surface area contributed by atoms with E-state index in [0.717, 1.165) is 23.1 Å². The molecule has 0 amide bonds. The lowest BCUT2D eigenvalue weighted by Gasteiger charge is -2.26. The summed E-state index contributed by atoms with van der Waals surface area (Å²) >= 11 is 3.39. The van der Waals surface area contributed by atoms with Crippen molar-refractivity contribution in [3.05, 3.63) is 28.7 Å². The lowest BCUT2D eigenvalue weighted by atomic mass is 10.1. The van der Waals surface area contributed by atoms with Crippen molar-refractivity contribution in [2.24, 2.45) is 5.92 Å². The Balaban J connectivity index is 2.78. The SMILES string of the molecule is CCCN(CC(C)C(=O)O)c1ccc(Br)cc1. The van der Waals surface area contributed by atoms with Gasteiger partial charge in [0.25, 0.3) is 0 Å². The van der Waals surface area contributed by atoms with E-state index in [1.165, 1.54) is 0 Å². The molecule has 3 nitrogen and oxygen atoms in total. The van der Waals surface area contributed by atoms with Crippen LogP contribution in [-0.2, 0) is 4.79 Å². The highest BCUT2D eigenvalue weighted by atomic mass is 79.9. The summed E-state index contributed by atoms with van der Waals surface area (Å²) in [6, 6.07) is 7.97. The van der Waals surface area contributed by atoms with Gasteiger partial charge in [0, 0.05) is 23.2 Å². The number of aliphatic carboxylic acids is 1. The topological polar surface area (TPSA) is 40.5 Å². The first-order chi connectivity index (χ1) is 8.04. The van der Waals surface area contributed by atoms with Crippen molar-refractivity contribution >= 4 is 27.6 Å². The van der Waals surface area contributed by atoms with Gasteiger partial charge in [-0.25, -0.2) is 0 Å². The molecule has 1 rings (SSSR count). The highest BCUT2D eigenvalue weighted by molar-refractivity contribution is 9.10. The van der Waals surface area contributed by atoms with Crippen LogP contribution < -0.4 is 4.90 Å². The molecule has 0 spiro atoms. The molecule has 4 heteroatoms. The van der Waals surface area contributed by atoms with Gasteiger partial charge in [0.05, 0.1) is 5.92 Å². The van der Waals surface area contributed by atoms with Crippen LogP contribution in [0.15, 0.2) is 28.7 Å². The molecule has 1 aromatic carbocycles. The second kappa shape index (κ2) is 6.64. The van der Waals surface area contributed by atoms with Gasteiger partial charge in [-0.2, -0.15) is 0 Å². The predicted octanol–water partition coefficient (Wildman–Crippen LogP) is 3.39. The van der Waals surface area contributed by atoms with E-state index in [1.54, 1.807) is 6.92 Å². The largest absolute Gasteiger partial charge is 0.481 e. The Bertz CT molecular complexity index is 364. The van der Waals surface area contributed by atoms with E-state index in [9.17, 15) is 4.79 Å². The lowest BCUT2D eigenvalue weighted by Crippen LogP contribution is -2.32. The predicted molar refractivity (Wildman–Crippen MR) is 73.4 cm³/mol. The van der Waals surface area contributed by atoms with E-state index in [-0.39, 0.29) is 5.92 Å². The van der Waals surface area contributed by atoms with E-state index < -0.39 is 5.97 Å². The van der Waals surface area contributed by atoms with Crippen molar-refractivity contribution in [2.45, 2.75) is 20.3 Å². The van der Waals surface area contributed by atoms with Gasteiger partial charge in [0.2, 0.25) is 0 Å². The third-order valence-electron chi connectivity index (χ3n) is 2.60.